The van der Waals surface area contributed by atoms with Crippen LogP contribution in [-0.4, -0.2) is 82.9 Å². The van der Waals surface area contributed by atoms with Crippen molar-refractivity contribution in [3.05, 3.63) is 36.3 Å². The number of sulfone groups is 1. The summed E-state index contributed by atoms with van der Waals surface area (Å²) in [6.07, 6.45) is 10.2. The predicted octanol–water partition coefficient (Wildman–Crippen LogP) is 3.56. The van der Waals surface area contributed by atoms with Crippen LogP contribution in [-0.2, 0) is 15.4 Å². The van der Waals surface area contributed by atoms with Gasteiger partial charge < -0.3 is 14.8 Å². The minimum absolute atomic E-state index is 0.146. The van der Waals surface area contributed by atoms with Crippen molar-refractivity contribution in [1.29, 1.82) is 0 Å². The number of anilines is 3. The predicted molar refractivity (Wildman–Crippen MR) is 151 cm³/mol. The summed E-state index contributed by atoms with van der Waals surface area (Å²) in [5.74, 6) is 1.11. The van der Waals surface area contributed by atoms with Gasteiger partial charge in [0.15, 0.2) is 14.9 Å². The standard InChI is InChI=1S/C27H36N8O2S/c1-19(2)33-11-13-34(14-12-33)21-7-8-23(28-17-21)31-26-29-16-20-15-22-25(38(3,36)37)30-18-27(9-5-4-6-10-27)35(22)24(20)32-26/h7-8,15-17,19H,4-6,9-14,18H2,1-3H3,(H,28,29,31,32). The first-order valence-electron chi connectivity index (χ1n) is 13.6. The van der Waals surface area contributed by atoms with Crippen LogP contribution >= 0.6 is 0 Å². The molecule has 5 heterocycles. The van der Waals surface area contributed by atoms with Crippen LogP contribution < -0.4 is 10.2 Å². The summed E-state index contributed by atoms with van der Waals surface area (Å²) in [5.41, 5.74) is 2.24. The molecule has 0 atom stereocenters. The third kappa shape index (κ3) is 4.55. The van der Waals surface area contributed by atoms with Gasteiger partial charge >= 0.3 is 0 Å². The molecule has 38 heavy (non-hydrogen) atoms. The molecule has 3 aromatic heterocycles. The van der Waals surface area contributed by atoms with Gasteiger partial charge in [0, 0.05) is 50.1 Å². The molecule has 202 valence electrons. The molecule has 2 fully saturated rings. The van der Waals surface area contributed by atoms with Gasteiger partial charge in [0.25, 0.3) is 0 Å². The highest BCUT2D eigenvalue weighted by Crippen LogP contribution is 2.42. The zero-order valence-corrected chi connectivity index (χ0v) is 23.2. The van der Waals surface area contributed by atoms with E-state index in [-0.39, 0.29) is 10.6 Å². The lowest BCUT2D eigenvalue weighted by Crippen LogP contribution is -2.48. The molecule has 0 unspecified atom stereocenters. The first-order chi connectivity index (χ1) is 18.2. The number of hydrogen-bond acceptors (Lipinski definition) is 9. The van der Waals surface area contributed by atoms with Crippen LogP contribution in [0.5, 0.6) is 0 Å². The molecule has 11 heteroatoms. The van der Waals surface area contributed by atoms with Gasteiger partial charge in [-0.05, 0) is 44.9 Å². The Balaban J connectivity index is 1.28. The van der Waals surface area contributed by atoms with Crippen LogP contribution in [0.4, 0.5) is 17.5 Å². The van der Waals surface area contributed by atoms with Crippen molar-refractivity contribution in [1.82, 2.24) is 24.4 Å². The Bertz CT molecular complexity index is 1460. The highest BCUT2D eigenvalue weighted by molar-refractivity contribution is 8.06. The van der Waals surface area contributed by atoms with Gasteiger partial charge in [-0.15, -0.1) is 0 Å². The first kappa shape index (κ1) is 25.2. The van der Waals surface area contributed by atoms with Gasteiger partial charge in [-0.2, -0.15) is 4.98 Å². The van der Waals surface area contributed by atoms with Gasteiger partial charge in [-0.25, -0.2) is 18.4 Å². The van der Waals surface area contributed by atoms with E-state index in [1.807, 2.05) is 18.3 Å². The zero-order chi connectivity index (χ0) is 26.5. The highest BCUT2D eigenvalue weighted by atomic mass is 32.2. The second kappa shape index (κ2) is 9.60. The Morgan fingerprint density at radius 1 is 1.00 bits per heavy atom. The molecule has 1 saturated carbocycles. The molecule has 6 rings (SSSR count). The van der Waals surface area contributed by atoms with Crippen LogP contribution in [0.15, 0.2) is 35.6 Å². The first-order valence-corrected chi connectivity index (χ1v) is 15.5. The fourth-order valence-corrected chi connectivity index (χ4v) is 7.04. The average Bonchev–Trinajstić information content (AvgIpc) is 3.29. The van der Waals surface area contributed by atoms with E-state index in [0.717, 1.165) is 68.6 Å². The van der Waals surface area contributed by atoms with Crippen molar-refractivity contribution in [2.45, 2.75) is 57.5 Å². The maximum absolute atomic E-state index is 12.6. The molecule has 1 saturated heterocycles. The molecule has 0 radical (unpaired) electrons. The fraction of sp³-hybridized carbons (Fsp3) is 0.556. The lowest BCUT2D eigenvalue weighted by molar-refractivity contribution is 0.204. The molecular formula is C27H36N8O2S. The topological polar surface area (TPSA) is 109 Å². The van der Waals surface area contributed by atoms with Gasteiger partial charge in [0.2, 0.25) is 5.95 Å². The second-order valence-electron chi connectivity index (χ2n) is 11.2. The summed E-state index contributed by atoms with van der Waals surface area (Å²) >= 11 is 0. The Hall–Kier alpha value is -3.05. The summed E-state index contributed by atoms with van der Waals surface area (Å²) in [6.45, 7) is 9.05. The third-order valence-corrected chi connectivity index (χ3v) is 9.32. The maximum atomic E-state index is 12.6. The minimum atomic E-state index is -3.47. The van der Waals surface area contributed by atoms with Crippen LogP contribution in [0.1, 0.15) is 51.6 Å². The number of nitrogens with one attached hydrogen (secondary N) is 1. The van der Waals surface area contributed by atoms with Gasteiger partial charge in [0.1, 0.15) is 11.5 Å². The molecule has 1 N–H and O–H groups in total. The van der Waals surface area contributed by atoms with Crippen LogP contribution in [0, 0.1) is 0 Å². The van der Waals surface area contributed by atoms with Crippen molar-refractivity contribution in [3.8, 4) is 0 Å². The van der Waals surface area contributed by atoms with Crippen molar-refractivity contribution in [2.75, 3.05) is 49.2 Å². The zero-order valence-electron chi connectivity index (χ0n) is 22.4. The summed E-state index contributed by atoms with van der Waals surface area (Å²) in [6, 6.07) is 6.50. The average molecular weight is 537 g/mol. The van der Waals surface area contributed by atoms with Crippen molar-refractivity contribution < 1.29 is 8.42 Å². The van der Waals surface area contributed by atoms with Crippen molar-refractivity contribution in [2.24, 2.45) is 4.99 Å². The molecule has 1 spiro atoms. The van der Waals surface area contributed by atoms with Crippen LogP contribution in [0.3, 0.4) is 0 Å². The number of fused-ring (bicyclic) bond motifs is 4. The Morgan fingerprint density at radius 3 is 2.42 bits per heavy atom. The summed E-state index contributed by atoms with van der Waals surface area (Å²) in [5, 5.41) is 4.22. The number of piperazine rings is 1. The fourth-order valence-electron chi connectivity index (χ4n) is 6.21. The lowest BCUT2D eigenvalue weighted by atomic mass is 9.80. The monoisotopic (exact) mass is 536 g/mol. The van der Waals surface area contributed by atoms with Crippen molar-refractivity contribution in [3.63, 3.8) is 0 Å². The molecule has 0 bridgehead atoms. The van der Waals surface area contributed by atoms with E-state index in [4.69, 9.17) is 4.98 Å². The van der Waals surface area contributed by atoms with E-state index in [2.05, 4.69) is 54.6 Å². The maximum Gasteiger partial charge on any atom is 0.230 e. The second-order valence-corrected chi connectivity index (χ2v) is 13.1. The number of rotatable bonds is 4. The largest absolute Gasteiger partial charge is 0.368 e. The Kier molecular flexibility index (Phi) is 6.38. The number of pyridine rings is 1. The van der Waals surface area contributed by atoms with E-state index >= 15 is 0 Å². The number of nitrogens with zero attached hydrogens (tertiary/aromatic N) is 7. The third-order valence-electron chi connectivity index (χ3n) is 8.28. The normalized spacial score (nSPS) is 20.1. The minimum Gasteiger partial charge on any atom is -0.368 e. The summed E-state index contributed by atoms with van der Waals surface area (Å²) < 4.78 is 27.3. The molecule has 0 amide bonds. The summed E-state index contributed by atoms with van der Waals surface area (Å²) in [7, 11) is -3.47. The molecule has 10 nitrogen and oxygen atoms in total. The van der Waals surface area contributed by atoms with E-state index in [1.165, 1.54) is 12.7 Å². The molecule has 3 aromatic rings. The van der Waals surface area contributed by atoms with E-state index in [9.17, 15) is 8.42 Å². The quantitative estimate of drug-likeness (QED) is 0.539. The highest BCUT2D eigenvalue weighted by Gasteiger charge is 2.42. The number of aliphatic imine (C=N–C) groups is 1. The SMILES string of the molecule is CC(C)N1CCN(c2ccc(Nc3ncc4cc5n(c4n3)C3(CCCCC3)CN=C5S(C)(=O)=O)nc2)CC1. The smallest absolute Gasteiger partial charge is 0.230 e. The van der Waals surface area contributed by atoms with Crippen LogP contribution in [0.25, 0.3) is 11.0 Å². The Labute approximate surface area is 224 Å². The lowest BCUT2D eigenvalue weighted by Gasteiger charge is -2.41. The van der Waals surface area contributed by atoms with Gasteiger partial charge in [-0.1, -0.05) is 19.3 Å². The van der Waals surface area contributed by atoms with Gasteiger partial charge in [-0.3, -0.25) is 9.89 Å². The molecule has 2 aliphatic heterocycles. The Morgan fingerprint density at radius 2 is 1.76 bits per heavy atom. The van der Waals surface area contributed by atoms with Crippen molar-refractivity contribution >= 4 is 43.4 Å². The molecule has 0 aromatic carbocycles. The van der Waals surface area contributed by atoms with Gasteiger partial charge in [0.05, 0.1) is 29.7 Å². The molecule has 1 aliphatic carbocycles. The number of hydrogen-bond donors (Lipinski definition) is 1. The molecule has 3 aliphatic rings. The number of aromatic nitrogens is 4. The van der Waals surface area contributed by atoms with Crippen LogP contribution in [0.2, 0.25) is 0 Å². The van der Waals surface area contributed by atoms with E-state index in [0.29, 0.717) is 30.0 Å². The van der Waals surface area contributed by atoms with E-state index < -0.39 is 9.84 Å². The molecular weight excluding hydrogens is 500 g/mol. The van der Waals surface area contributed by atoms with E-state index in [1.54, 1.807) is 6.20 Å². The summed E-state index contributed by atoms with van der Waals surface area (Å²) in [4.78, 5) is 23.5.